The average molecular weight is 392 g/mol. The second-order valence-corrected chi connectivity index (χ2v) is 6.64. The summed E-state index contributed by atoms with van der Waals surface area (Å²) in [5.41, 5.74) is 2.13. The average Bonchev–Trinajstić information content (AvgIpc) is 2.61. The smallest absolute Gasteiger partial charge is 0.417 e. The van der Waals surface area contributed by atoms with Crippen LogP contribution >= 0.6 is 0 Å². The van der Waals surface area contributed by atoms with Crippen molar-refractivity contribution >= 4 is 12.2 Å². The van der Waals surface area contributed by atoms with E-state index in [1.807, 2.05) is 19.1 Å². The van der Waals surface area contributed by atoms with Crippen LogP contribution in [0.3, 0.4) is 0 Å². The van der Waals surface area contributed by atoms with E-state index in [1.54, 1.807) is 12.1 Å². The zero-order valence-electron chi connectivity index (χ0n) is 15.2. The third-order valence-electron chi connectivity index (χ3n) is 4.41. The van der Waals surface area contributed by atoms with E-state index < -0.39 is 17.8 Å². The molecule has 0 spiro atoms. The predicted octanol–water partition coefficient (Wildman–Crippen LogP) is 5.36. The first kappa shape index (κ1) is 19.7. The number of carboxylic acid groups (broad SMARTS) is 1. The van der Waals surface area contributed by atoms with E-state index in [0.29, 0.717) is 31.7 Å². The van der Waals surface area contributed by atoms with Gasteiger partial charge in [-0.25, -0.2) is 9.78 Å². The molecule has 1 saturated heterocycles. The molecule has 1 amide bonds. The summed E-state index contributed by atoms with van der Waals surface area (Å²) >= 11 is 0. The maximum absolute atomic E-state index is 12.6. The van der Waals surface area contributed by atoms with E-state index >= 15 is 0 Å². The summed E-state index contributed by atoms with van der Waals surface area (Å²) in [7, 11) is 0. The van der Waals surface area contributed by atoms with Gasteiger partial charge in [-0.1, -0.05) is 17.7 Å². The summed E-state index contributed by atoms with van der Waals surface area (Å²) < 4.78 is 43.5. The van der Waals surface area contributed by atoms with Gasteiger partial charge in [0.15, 0.2) is 0 Å². The van der Waals surface area contributed by atoms with Crippen LogP contribution < -0.4 is 4.74 Å². The van der Waals surface area contributed by atoms with Crippen molar-refractivity contribution in [1.82, 2.24) is 9.88 Å². The van der Waals surface area contributed by atoms with Gasteiger partial charge >= 0.3 is 12.3 Å². The third-order valence-corrected chi connectivity index (χ3v) is 4.41. The first-order valence-corrected chi connectivity index (χ1v) is 8.71. The lowest BCUT2D eigenvalue weighted by Crippen LogP contribution is -2.35. The van der Waals surface area contributed by atoms with Crippen LogP contribution in [0, 0.1) is 6.92 Å². The minimum atomic E-state index is -4.44. The molecule has 0 saturated carbocycles. The van der Waals surface area contributed by atoms with Gasteiger partial charge in [-0.2, -0.15) is 13.2 Å². The number of hydrogen-bond donors (Lipinski definition) is 1. The summed E-state index contributed by atoms with van der Waals surface area (Å²) in [4.78, 5) is 16.1. The van der Waals surface area contributed by atoms with Crippen LogP contribution in [0.25, 0.3) is 6.08 Å². The maximum atomic E-state index is 12.6. The number of likely N-dealkylation sites (tertiary alicyclic amines) is 1. The van der Waals surface area contributed by atoms with Crippen molar-refractivity contribution in [2.75, 3.05) is 13.1 Å². The Morgan fingerprint density at radius 3 is 2.50 bits per heavy atom. The van der Waals surface area contributed by atoms with Crippen molar-refractivity contribution in [1.29, 1.82) is 0 Å². The van der Waals surface area contributed by atoms with E-state index in [4.69, 9.17) is 9.84 Å². The van der Waals surface area contributed by atoms with Gasteiger partial charge in [0.25, 0.3) is 0 Å². The van der Waals surface area contributed by atoms with Gasteiger partial charge in [0, 0.05) is 25.4 Å². The van der Waals surface area contributed by atoms with Crippen molar-refractivity contribution in [3.8, 4) is 11.6 Å². The monoisotopic (exact) mass is 392 g/mol. The molecular weight excluding hydrogens is 373 g/mol. The fourth-order valence-electron chi connectivity index (χ4n) is 3.01. The Kier molecular flexibility index (Phi) is 5.58. The molecule has 2 aromatic rings. The molecule has 1 aromatic heterocycles. The number of rotatable bonds is 3. The third kappa shape index (κ3) is 5.03. The number of halogens is 3. The van der Waals surface area contributed by atoms with Gasteiger partial charge in [-0.15, -0.1) is 0 Å². The molecule has 0 atom stereocenters. The van der Waals surface area contributed by atoms with Crippen molar-refractivity contribution in [2.24, 2.45) is 0 Å². The second kappa shape index (κ2) is 7.92. The Bertz CT molecular complexity index is 883. The molecule has 5 nitrogen and oxygen atoms in total. The number of aromatic nitrogens is 1. The predicted molar refractivity (Wildman–Crippen MR) is 97.3 cm³/mol. The topological polar surface area (TPSA) is 62.7 Å². The Balaban J connectivity index is 1.73. The highest BCUT2D eigenvalue weighted by Gasteiger charge is 2.30. The second-order valence-electron chi connectivity index (χ2n) is 6.64. The van der Waals surface area contributed by atoms with E-state index in [0.717, 1.165) is 29.0 Å². The van der Waals surface area contributed by atoms with Crippen LogP contribution in [0.2, 0.25) is 0 Å². The van der Waals surface area contributed by atoms with Crippen LogP contribution in [0.1, 0.15) is 29.5 Å². The number of hydrogen-bond acceptors (Lipinski definition) is 3. The molecule has 1 fully saturated rings. The quantitative estimate of drug-likeness (QED) is 0.764. The van der Waals surface area contributed by atoms with Crippen LogP contribution in [-0.2, 0) is 6.18 Å². The largest absolute Gasteiger partial charge is 0.465 e. The molecule has 28 heavy (non-hydrogen) atoms. The fraction of sp³-hybridized carbons (Fsp3) is 0.300. The minimum Gasteiger partial charge on any atom is -0.465 e. The molecule has 3 rings (SSSR count). The van der Waals surface area contributed by atoms with E-state index in [1.165, 1.54) is 11.0 Å². The fourth-order valence-corrected chi connectivity index (χ4v) is 3.01. The number of nitrogens with zero attached hydrogens (tertiary/aromatic N) is 2. The molecule has 148 valence electrons. The normalized spacial score (nSPS) is 14.7. The molecule has 2 heterocycles. The lowest BCUT2D eigenvalue weighted by Gasteiger charge is -2.25. The molecular formula is C20H19F3N2O3. The van der Waals surface area contributed by atoms with Gasteiger partial charge in [0.2, 0.25) is 5.88 Å². The number of piperidine rings is 1. The Morgan fingerprint density at radius 2 is 1.93 bits per heavy atom. The summed E-state index contributed by atoms with van der Waals surface area (Å²) in [5, 5.41) is 9.01. The standard InChI is InChI=1S/C20H19F3N2O3/c1-13-8-15(10-14-4-6-25(7-5-14)19(26)27)11-17(9-13)28-18-3-2-16(12-24-18)20(21,22)23/h2-3,8-12H,4-7H2,1H3,(H,26,27). The van der Waals surface area contributed by atoms with Crippen molar-refractivity contribution in [3.63, 3.8) is 0 Å². The lowest BCUT2D eigenvalue weighted by molar-refractivity contribution is -0.137. The summed E-state index contributed by atoms with van der Waals surface area (Å²) in [5.74, 6) is 0.550. The van der Waals surface area contributed by atoms with E-state index in [-0.39, 0.29) is 5.88 Å². The SMILES string of the molecule is Cc1cc(C=C2CCN(C(=O)O)CC2)cc(Oc2ccc(C(F)(F)F)cn2)c1. The Hall–Kier alpha value is -3.03. The van der Waals surface area contributed by atoms with Crippen LogP contribution in [-0.4, -0.2) is 34.2 Å². The Labute approximate surface area is 160 Å². The summed E-state index contributed by atoms with van der Waals surface area (Å²) in [6.07, 6.45) is -1.28. The van der Waals surface area contributed by atoms with Gasteiger partial charge in [0.05, 0.1) is 5.56 Å². The number of aryl methyl sites for hydroxylation is 1. The lowest BCUT2D eigenvalue weighted by atomic mass is 10.0. The van der Waals surface area contributed by atoms with Gasteiger partial charge in [-0.05, 0) is 49.1 Å². The summed E-state index contributed by atoms with van der Waals surface area (Å²) in [6.45, 7) is 2.82. The highest BCUT2D eigenvalue weighted by molar-refractivity contribution is 5.65. The van der Waals surface area contributed by atoms with Crippen LogP contribution in [0.15, 0.2) is 42.1 Å². The number of amides is 1. The molecule has 0 bridgehead atoms. The highest BCUT2D eigenvalue weighted by Crippen LogP contribution is 2.30. The molecule has 8 heteroatoms. The van der Waals surface area contributed by atoms with Gasteiger partial charge in [-0.3, -0.25) is 0 Å². The van der Waals surface area contributed by atoms with E-state index in [9.17, 15) is 18.0 Å². The minimum absolute atomic E-state index is 0.0759. The van der Waals surface area contributed by atoms with Crippen molar-refractivity contribution < 1.29 is 27.8 Å². The highest BCUT2D eigenvalue weighted by atomic mass is 19.4. The van der Waals surface area contributed by atoms with Gasteiger partial charge < -0.3 is 14.7 Å². The Morgan fingerprint density at radius 1 is 1.21 bits per heavy atom. The molecule has 1 N–H and O–H groups in total. The van der Waals surface area contributed by atoms with Gasteiger partial charge in [0.1, 0.15) is 5.75 Å². The van der Waals surface area contributed by atoms with Crippen LogP contribution in [0.5, 0.6) is 11.6 Å². The zero-order chi connectivity index (χ0) is 20.3. The molecule has 0 radical (unpaired) electrons. The summed E-state index contributed by atoms with van der Waals surface area (Å²) in [6, 6.07) is 7.63. The van der Waals surface area contributed by atoms with E-state index in [2.05, 4.69) is 4.98 Å². The number of carbonyl (C=O) groups is 1. The first-order chi connectivity index (χ1) is 13.2. The maximum Gasteiger partial charge on any atom is 0.417 e. The number of alkyl halides is 3. The number of ether oxygens (including phenoxy) is 1. The molecule has 0 unspecified atom stereocenters. The molecule has 1 aromatic carbocycles. The molecule has 1 aliphatic rings. The number of benzene rings is 1. The van der Waals surface area contributed by atoms with Crippen molar-refractivity contribution in [2.45, 2.75) is 25.9 Å². The molecule has 1 aliphatic heterocycles. The van der Waals surface area contributed by atoms with Crippen LogP contribution in [0.4, 0.5) is 18.0 Å². The first-order valence-electron chi connectivity index (χ1n) is 8.71. The van der Waals surface area contributed by atoms with Crippen molar-refractivity contribution in [3.05, 3.63) is 58.8 Å². The number of pyridine rings is 1. The zero-order valence-corrected chi connectivity index (χ0v) is 15.2. The molecule has 0 aliphatic carbocycles.